The maximum atomic E-state index is 13.5. The Morgan fingerprint density at radius 2 is 1.44 bits per heavy atom. The Kier molecular flexibility index (Phi) is 2.88. The molecular formula is C12H6ClF3. The van der Waals surface area contributed by atoms with Gasteiger partial charge in [-0.1, -0.05) is 11.6 Å². The van der Waals surface area contributed by atoms with Crippen LogP contribution >= 0.6 is 11.6 Å². The Morgan fingerprint density at radius 3 is 2.00 bits per heavy atom. The molecule has 82 valence electrons. The van der Waals surface area contributed by atoms with Crippen LogP contribution in [0.1, 0.15) is 0 Å². The second kappa shape index (κ2) is 4.18. The van der Waals surface area contributed by atoms with Crippen molar-refractivity contribution in [1.29, 1.82) is 0 Å². The molecule has 4 heteroatoms. The van der Waals surface area contributed by atoms with Gasteiger partial charge in [0.2, 0.25) is 0 Å². The molecule has 2 rings (SSSR count). The van der Waals surface area contributed by atoms with Crippen molar-refractivity contribution in [3.63, 3.8) is 0 Å². The zero-order chi connectivity index (χ0) is 11.7. The summed E-state index contributed by atoms with van der Waals surface area (Å²) in [5.74, 6) is -2.11. The first-order valence-electron chi connectivity index (χ1n) is 4.48. The highest BCUT2D eigenvalue weighted by molar-refractivity contribution is 6.30. The minimum absolute atomic E-state index is 0.114. The molecule has 16 heavy (non-hydrogen) atoms. The summed E-state index contributed by atoms with van der Waals surface area (Å²) >= 11 is 5.58. The predicted octanol–water partition coefficient (Wildman–Crippen LogP) is 4.42. The van der Waals surface area contributed by atoms with Crippen LogP contribution in [0.25, 0.3) is 11.1 Å². The van der Waals surface area contributed by atoms with Gasteiger partial charge >= 0.3 is 0 Å². The van der Waals surface area contributed by atoms with Crippen molar-refractivity contribution in [3.8, 4) is 11.1 Å². The fraction of sp³-hybridized carbons (Fsp3) is 0. The van der Waals surface area contributed by atoms with Gasteiger partial charge in [-0.05, 0) is 35.9 Å². The highest BCUT2D eigenvalue weighted by atomic mass is 35.5. The Labute approximate surface area is 95.3 Å². The highest BCUT2D eigenvalue weighted by Crippen LogP contribution is 2.26. The number of hydrogen-bond acceptors (Lipinski definition) is 0. The van der Waals surface area contributed by atoms with E-state index in [9.17, 15) is 13.2 Å². The Balaban J connectivity index is 2.58. The molecule has 0 saturated carbocycles. The molecule has 0 N–H and O–H groups in total. The lowest BCUT2D eigenvalue weighted by Gasteiger charge is -2.04. The second-order valence-corrected chi connectivity index (χ2v) is 3.72. The third kappa shape index (κ3) is 2.19. The van der Waals surface area contributed by atoms with Crippen molar-refractivity contribution in [2.24, 2.45) is 0 Å². The molecule has 2 aromatic carbocycles. The molecule has 0 spiro atoms. The van der Waals surface area contributed by atoms with Crippen LogP contribution in [0.4, 0.5) is 13.2 Å². The Morgan fingerprint density at radius 1 is 0.812 bits per heavy atom. The molecule has 0 nitrogen and oxygen atoms in total. The van der Waals surface area contributed by atoms with Crippen molar-refractivity contribution in [2.75, 3.05) is 0 Å². The van der Waals surface area contributed by atoms with E-state index in [-0.39, 0.29) is 16.1 Å². The van der Waals surface area contributed by atoms with Crippen LogP contribution in [0, 0.1) is 17.5 Å². The summed E-state index contributed by atoms with van der Waals surface area (Å²) in [6, 6.07) is 6.80. The zero-order valence-electron chi connectivity index (χ0n) is 7.98. The van der Waals surface area contributed by atoms with E-state index in [2.05, 4.69) is 0 Å². The minimum Gasteiger partial charge on any atom is -0.207 e. The molecule has 0 fully saturated rings. The van der Waals surface area contributed by atoms with Gasteiger partial charge in [-0.2, -0.15) is 0 Å². The molecule has 0 saturated heterocycles. The van der Waals surface area contributed by atoms with Crippen LogP contribution in [0.2, 0.25) is 5.02 Å². The van der Waals surface area contributed by atoms with E-state index in [1.54, 1.807) is 0 Å². The lowest BCUT2D eigenvalue weighted by atomic mass is 10.1. The van der Waals surface area contributed by atoms with Crippen LogP contribution in [0.5, 0.6) is 0 Å². The lowest BCUT2D eigenvalue weighted by Crippen LogP contribution is -1.87. The molecule has 0 aliphatic heterocycles. The van der Waals surface area contributed by atoms with Crippen molar-refractivity contribution >= 4 is 11.6 Å². The van der Waals surface area contributed by atoms with Crippen LogP contribution in [-0.4, -0.2) is 0 Å². The summed E-state index contributed by atoms with van der Waals surface area (Å²) in [5, 5.41) is 0.234. The van der Waals surface area contributed by atoms with Gasteiger partial charge in [0.05, 0.1) is 0 Å². The summed E-state index contributed by atoms with van der Waals surface area (Å²) in [5.41, 5.74) is 0.259. The first kappa shape index (κ1) is 11.0. The third-order valence-corrected chi connectivity index (χ3v) is 2.34. The lowest BCUT2D eigenvalue weighted by molar-refractivity contribution is 0.583. The van der Waals surface area contributed by atoms with Crippen LogP contribution in [0.3, 0.4) is 0 Å². The summed E-state index contributed by atoms with van der Waals surface area (Å²) in [7, 11) is 0. The van der Waals surface area contributed by atoms with Crippen molar-refractivity contribution in [1.82, 2.24) is 0 Å². The smallest absolute Gasteiger partial charge is 0.132 e. The van der Waals surface area contributed by atoms with Crippen molar-refractivity contribution in [2.45, 2.75) is 0 Å². The van der Waals surface area contributed by atoms with Gasteiger partial charge in [-0.15, -0.1) is 0 Å². The van der Waals surface area contributed by atoms with Crippen molar-refractivity contribution < 1.29 is 13.2 Å². The van der Waals surface area contributed by atoms with Crippen molar-refractivity contribution in [3.05, 3.63) is 58.9 Å². The van der Waals surface area contributed by atoms with Gasteiger partial charge < -0.3 is 0 Å². The fourth-order valence-corrected chi connectivity index (χ4v) is 1.59. The van der Waals surface area contributed by atoms with Crippen LogP contribution in [-0.2, 0) is 0 Å². The maximum Gasteiger partial charge on any atom is 0.132 e. The SMILES string of the molecule is Fc1cc(F)cc(-c2ccc(Cl)cc2F)c1. The first-order chi connectivity index (χ1) is 7.56. The van der Waals surface area contributed by atoms with E-state index in [1.165, 1.54) is 12.1 Å². The average molecular weight is 243 g/mol. The van der Waals surface area contributed by atoms with E-state index in [4.69, 9.17) is 11.6 Å². The van der Waals surface area contributed by atoms with Gasteiger partial charge in [-0.25, -0.2) is 13.2 Å². The molecule has 0 aliphatic carbocycles. The van der Waals surface area contributed by atoms with Crippen LogP contribution < -0.4 is 0 Å². The molecular weight excluding hydrogens is 237 g/mol. The molecule has 0 heterocycles. The van der Waals surface area contributed by atoms with Gasteiger partial charge in [-0.3, -0.25) is 0 Å². The van der Waals surface area contributed by atoms with E-state index < -0.39 is 17.5 Å². The standard InChI is InChI=1S/C12H6ClF3/c13-8-1-2-11(12(16)5-8)7-3-9(14)6-10(15)4-7/h1-6H. The largest absolute Gasteiger partial charge is 0.207 e. The van der Waals surface area contributed by atoms with Gasteiger partial charge in [0.1, 0.15) is 17.5 Å². The Hall–Kier alpha value is -1.48. The minimum atomic E-state index is -0.746. The molecule has 0 amide bonds. The quantitative estimate of drug-likeness (QED) is 0.694. The average Bonchev–Trinajstić information content (AvgIpc) is 2.15. The molecule has 0 radical (unpaired) electrons. The first-order valence-corrected chi connectivity index (χ1v) is 4.85. The summed E-state index contributed by atoms with van der Waals surface area (Å²) in [6.07, 6.45) is 0. The second-order valence-electron chi connectivity index (χ2n) is 3.28. The normalized spacial score (nSPS) is 10.5. The summed E-state index contributed by atoms with van der Waals surface area (Å²) in [6.45, 7) is 0. The summed E-state index contributed by atoms with van der Waals surface area (Å²) < 4.78 is 39.3. The Bertz CT molecular complexity index is 518. The van der Waals surface area contributed by atoms with Gasteiger partial charge in [0.15, 0.2) is 0 Å². The molecule has 2 aromatic rings. The monoisotopic (exact) mass is 242 g/mol. The number of hydrogen-bond donors (Lipinski definition) is 0. The molecule has 0 atom stereocenters. The number of halogens is 4. The van der Waals surface area contributed by atoms with Crippen LogP contribution in [0.15, 0.2) is 36.4 Å². The highest BCUT2D eigenvalue weighted by Gasteiger charge is 2.08. The van der Waals surface area contributed by atoms with E-state index in [0.717, 1.165) is 24.3 Å². The number of benzene rings is 2. The maximum absolute atomic E-state index is 13.5. The fourth-order valence-electron chi connectivity index (χ4n) is 1.43. The molecule has 0 aromatic heterocycles. The number of rotatable bonds is 1. The van der Waals surface area contributed by atoms with Gasteiger partial charge in [0.25, 0.3) is 0 Å². The predicted molar refractivity (Wildman–Crippen MR) is 56.8 cm³/mol. The third-order valence-electron chi connectivity index (χ3n) is 2.10. The topological polar surface area (TPSA) is 0 Å². The van der Waals surface area contributed by atoms with Gasteiger partial charge in [0, 0.05) is 16.7 Å². The molecule has 0 aliphatic rings. The molecule has 0 unspecified atom stereocenters. The summed E-state index contributed by atoms with van der Waals surface area (Å²) in [4.78, 5) is 0. The molecule has 0 bridgehead atoms. The van der Waals surface area contributed by atoms with E-state index in [0.29, 0.717) is 0 Å². The zero-order valence-corrected chi connectivity index (χ0v) is 8.73. The van der Waals surface area contributed by atoms with E-state index in [1.807, 2.05) is 0 Å². The van der Waals surface area contributed by atoms with E-state index >= 15 is 0 Å².